The molecule has 0 radical (unpaired) electrons. The first-order valence-corrected chi connectivity index (χ1v) is 10.2. The zero-order chi connectivity index (χ0) is 19.7. The molecule has 2 nitrogen and oxygen atoms in total. The van der Waals surface area contributed by atoms with Gasteiger partial charge in [0.25, 0.3) is 0 Å². The fourth-order valence-corrected chi connectivity index (χ4v) is 4.80. The SMILES string of the molecule is c1ccc2c(c1)ccc1c3cccc(-c4ccc5oc6ccccc6c5c4)c3[nH]c21. The summed E-state index contributed by atoms with van der Waals surface area (Å²) >= 11 is 0. The molecule has 5 aromatic carbocycles. The molecular weight excluding hydrogens is 366 g/mol. The predicted octanol–water partition coefficient (Wildman–Crippen LogP) is 8.04. The van der Waals surface area contributed by atoms with Crippen LogP contribution in [-0.2, 0) is 0 Å². The smallest absolute Gasteiger partial charge is 0.135 e. The minimum Gasteiger partial charge on any atom is -0.456 e. The Morgan fingerprint density at radius 3 is 2.23 bits per heavy atom. The Kier molecular flexibility index (Phi) is 3.03. The maximum absolute atomic E-state index is 6.02. The predicted molar refractivity (Wildman–Crippen MR) is 126 cm³/mol. The molecule has 7 aromatic rings. The number of para-hydroxylation sites is 2. The number of benzene rings is 5. The lowest BCUT2D eigenvalue weighted by atomic mass is 9.99. The van der Waals surface area contributed by atoms with E-state index in [1.165, 1.54) is 43.7 Å². The van der Waals surface area contributed by atoms with Crippen LogP contribution in [0.15, 0.2) is 101 Å². The molecule has 0 bridgehead atoms. The van der Waals surface area contributed by atoms with Gasteiger partial charge in [0.15, 0.2) is 0 Å². The van der Waals surface area contributed by atoms with Crippen molar-refractivity contribution in [2.45, 2.75) is 0 Å². The molecule has 0 aliphatic carbocycles. The first kappa shape index (κ1) is 15.8. The third kappa shape index (κ3) is 2.08. The number of hydrogen-bond acceptors (Lipinski definition) is 1. The van der Waals surface area contributed by atoms with Gasteiger partial charge in [0.2, 0.25) is 0 Å². The highest BCUT2D eigenvalue weighted by Gasteiger charge is 2.13. The summed E-state index contributed by atoms with van der Waals surface area (Å²) in [5, 5.41) is 7.34. The van der Waals surface area contributed by atoms with E-state index in [9.17, 15) is 0 Å². The van der Waals surface area contributed by atoms with Crippen LogP contribution < -0.4 is 0 Å². The van der Waals surface area contributed by atoms with E-state index in [0.29, 0.717) is 0 Å². The van der Waals surface area contributed by atoms with Crippen molar-refractivity contribution in [3.63, 3.8) is 0 Å². The molecule has 0 unspecified atom stereocenters. The van der Waals surface area contributed by atoms with Crippen LogP contribution in [0.25, 0.3) is 65.6 Å². The van der Waals surface area contributed by atoms with E-state index in [1.54, 1.807) is 0 Å². The molecule has 140 valence electrons. The van der Waals surface area contributed by atoms with Gasteiger partial charge in [-0.1, -0.05) is 78.9 Å². The highest BCUT2D eigenvalue weighted by atomic mass is 16.3. The van der Waals surface area contributed by atoms with E-state index in [2.05, 4.69) is 89.9 Å². The summed E-state index contributed by atoms with van der Waals surface area (Å²) in [6.07, 6.45) is 0. The number of hydrogen-bond donors (Lipinski definition) is 1. The van der Waals surface area contributed by atoms with Gasteiger partial charge in [-0.2, -0.15) is 0 Å². The van der Waals surface area contributed by atoms with E-state index in [0.717, 1.165) is 21.9 Å². The third-order valence-corrected chi connectivity index (χ3v) is 6.22. The maximum atomic E-state index is 6.02. The monoisotopic (exact) mass is 383 g/mol. The first-order chi connectivity index (χ1) is 14.9. The van der Waals surface area contributed by atoms with Gasteiger partial charge in [-0.15, -0.1) is 0 Å². The molecule has 0 fully saturated rings. The van der Waals surface area contributed by atoms with Gasteiger partial charge < -0.3 is 9.40 Å². The second kappa shape index (κ2) is 5.74. The number of H-pyrrole nitrogens is 1. The average molecular weight is 383 g/mol. The van der Waals surface area contributed by atoms with Crippen molar-refractivity contribution in [1.29, 1.82) is 0 Å². The second-order valence-electron chi connectivity index (χ2n) is 7.87. The zero-order valence-corrected chi connectivity index (χ0v) is 16.1. The molecule has 0 saturated carbocycles. The Hall–Kier alpha value is -4.04. The van der Waals surface area contributed by atoms with Crippen LogP contribution in [0, 0.1) is 0 Å². The van der Waals surface area contributed by atoms with Crippen LogP contribution in [0.2, 0.25) is 0 Å². The molecule has 0 saturated heterocycles. The van der Waals surface area contributed by atoms with Crippen molar-refractivity contribution in [3.8, 4) is 11.1 Å². The number of aromatic nitrogens is 1. The molecule has 2 heteroatoms. The van der Waals surface area contributed by atoms with Crippen molar-refractivity contribution in [3.05, 3.63) is 97.1 Å². The Bertz CT molecular complexity index is 1750. The fraction of sp³-hybridized carbons (Fsp3) is 0. The van der Waals surface area contributed by atoms with Crippen molar-refractivity contribution in [2.24, 2.45) is 0 Å². The van der Waals surface area contributed by atoms with Gasteiger partial charge in [0, 0.05) is 32.5 Å². The molecule has 0 aliphatic heterocycles. The lowest BCUT2D eigenvalue weighted by Gasteiger charge is -2.04. The van der Waals surface area contributed by atoms with Gasteiger partial charge in [0.1, 0.15) is 11.2 Å². The Labute approximate surface area is 172 Å². The molecule has 7 rings (SSSR count). The van der Waals surface area contributed by atoms with Crippen molar-refractivity contribution < 1.29 is 4.42 Å². The Morgan fingerprint density at radius 1 is 0.500 bits per heavy atom. The summed E-state index contributed by atoms with van der Waals surface area (Å²) in [6, 6.07) is 34.3. The molecule has 2 aromatic heterocycles. The summed E-state index contributed by atoms with van der Waals surface area (Å²) in [5.41, 5.74) is 6.63. The molecule has 30 heavy (non-hydrogen) atoms. The van der Waals surface area contributed by atoms with E-state index >= 15 is 0 Å². The number of aromatic amines is 1. The molecule has 1 N–H and O–H groups in total. The van der Waals surface area contributed by atoms with Gasteiger partial charge in [-0.3, -0.25) is 0 Å². The second-order valence-corrected chi connectivity index (χ2v) is 7.87. The van der Waals surface area contributed by atoms with Crippen LogP contribution in [-0.4, -0.2) is 4.98 Å². The normalized spacial score (nSPS) is 12.0. The average Bonchev–Trinajstić information content (AvgIpc) is 3.37. The van der Waals surface area contributed by atoms with Crippen LogP contribution in [0.1, 0.15) is 0 Å². The van der Waals surface area contributed by atoms with Gasteiger partial charge >= 0.3 is 0 Å². The number of furan rings is 1. The quantitative estimate of drug-likeness (QED) is 0.305. The summed E-state index contributed by atoms with van der Waals surface area (Å²) in [6.45, 7) is 0. The maximum Gasteiger partial charge on any atom is 0.135 e. The molecule has 0 atom stereocenters. The van der Waals surface area contributed by atoms with Crippen molar-refractivity contribution in [2.75, 3.05) is 0 Å². The van der Waals surface area contributed by atoms with E-state index in [-0.39, 0.29) is 0 Å². The Balaban J connectivity index is 1.56. The zero-order valence-electron chi connectivity index (χ0n) is 16.1. The van der Waals surface area contributed by atoms with Crippen molar-refractivity contribution in [1.82, 2.24) is 4.98 Å². The van der Waals surface area contributed by atoms with Crippen LogP contribution in [0.5, 0.6) is 0 Å². The van der Waals surface area contributed by atoms with Gasteiger partial charge in [-0.25, -0.2) is 0 Å². The molecule has 0 spiro atoms. The summed E-state index contributed by atoms with van der Waals surface area (Å²) in [7, 11) is 0. The molecular formula is C28H17NO. The Morgan fingerprint density at radius 2 is 1.27 bits per heavy atom. The summed E-state index contributed by atoms with van der Waals surface area (Å²) < 4.78 is 6.02. The lowest BCUT2D eigenvalue weighted by Crippen LogP contribution is -1.80. The standard InChI is InChI=1S/C28H17NO/c1-2-7-19-17(6-1)12-14-23-22-10-5-9-20(28(22)29-27(19)23)18-13-15-26-24(16-18)21-8-3-4-11-25(21)30-26/h1-16,29H. The van der Waals surface area contributed by atoms with Crippen LogP contribution in [0.4, 0.5) is 0 Å². The highest BCUT2D eigenvalue weighted by Crippen LogP contribution is 2.38. The summed E-state index contributed by atoms with van der Waals surface area (Å²) in [4.78, 5) is 3.74. The van der Waals surface area contributed by atoms with Crippen molar-refractivity contribution >= 4 is 54.5 Å². The largest absolute Gasteiger partial charge is 0.456 e. The number of nitrogens with one attached hydrogen (secondary N) is 1. The number of fused-ring (bicyclic) bond motifs is 8. The summed E-state index contributed by atoms with van der Waals surface area (Å²) in [5.74, 6) is 0. The third-order valence-electron chi connectivity index (χ3n) is 6.22. The lowest BCUT2D eigenvalue weighted by molar-refractivity contribution is 0.669. The van der Waals surface area contributed by atoms with E-state index in [4.69, 9.17) is 4.42 Å². The van der Waals surface area contributed by atoms with Gasteiger partial charge in [-0.05, 0) is 29.1 Å². The topological polar surface area (TPSA) is 28.9 Å². The fourth-order valence-electron chi connectivity index (χ4n) is 4.80. The molecule has 0 amide bonds. The molecule has 0 aliphatic rings. The first-order valence-electron chi connectivity index (χ1n) is 10.2. The molecule has 2 heterocycles. The minimum absolute atomic E-state index is 0.926. The van der Waals surface area contributed by atoms with E-state index < -0.39 is 0 Å². The van der Waals surface area contributed by atoms with Crippen LogP contribution >= 0.6 is 0 Å². The van der Waals surface area contributed by atoms with Crippen LogP contribution in [0.3, 0.4) is 0 Å². The minimum atomic E-state index is 0.926. The van der Waals surface area contributed by atoms with E-state index in [1.807, 2.05) is 12.1 Å². The number of rotatable bonds is 1. The highest BCUT2D eigenvalue weighted by molar-refractivity contribution is 6.19. The van der Waals surface area contributed by atoms with Gasteiger partial charge in [0.05, 0.1) is 11.0 Å².